The summed E-state index contributed by atoms with van der Waals surface area (Å²) < 4.78 is 0. The molecular weight excluding hydrogens is 304 g/mol. The molecule has 23 heavy (non-hydrogen) atoms. The van der Waals surface area contributed by atoms with Crippen molar-refractivity contribution >= 4 is 29.0 Å². The predicted molar refractivity (Wildman–Crippen MR) is 95.1 cm³/mol. The molecule has 1 aromatic heterocycles. The summed E-state index contributed by atoms with van der Waals surface area (Å²) in [5.74, 6) is -0.634. The maximum absolute atomic E-state index is 12.9. The van der Waals surface area contributed by atoms with Crippen LogP contribution < -0.4 is 0 Å². The third-order valence-corrected chi connectivity index (χ3v) is 5.47. The van der Waals surface area contributed by atoms with Gasteiger partial charge in [-0.15, -0.1) is 11.3 Å². The molecule has 0 spiro atoms. The molecule has 3 rings (SSSR count). The molecule has 2 aromatic rings. The van der Waals surface area contributed by atoms with Crippen molar-refractivity contribution in [1.82, 2.24) is 0 Å². The van der Waals surface area contributed by atoms with Crippen molar-refractivity contribution in [3.05, 3.63) is 61.8 Å². The molecule has 0 radical (unpaired) electrons. The van der Waals surface area contributed by atoms with Gasteiger partial charge in [-0.1, -0.05) is 17.7 Å². The molecule has 0 bridgehead atoms. The van der Waals surface area contributed by atoms with Crippen molar-refractivity contribution < 1.29 is 9.59 Å². The van der Waals surface area contributed by atoms with Crippen LogP contribution in [-0.4, -0.2) is 11.6 Å². The first-order valence-corrected chi connectivity index (χ1v) is 8.65. The van der Waals surface area contributed by atoms with Crippen LogP contribution in [0.1, 0.15) is 45.0 Å². The summed E-state index contributed by atoms with van der Waals surface area (Å²) in [4.78, 5) is 26.5. The smallest absolute Gasteiger partial charge is 0.174 e. The van der Waals surface area contributed by atoms with Crippen LogP contribution in [0, 0.1) is 27.7 Å². The lowest BCUT2D eigenvalue weighted by molar-refractivity contribution is -0.123. The summed E-state index contributed by atoms with van der Waals surface area (Å²) >= 11 is 1.61. The molecule has 118 valence electrons. The number of aryl methyl sites for hydroxylation is 4. The Morgan fingerprint density at radius 3 is 2.26 bits per heavy atom. The second-order valence-electron chi connectivity index (χ2n) is 6.39. The summed E-state index contributed by atoms with van der Waals surface area (Å²) in [5.41, 5.74) is 5.91. The van der Waals surface area contributed by atoms with Gasteiger partial charge in [0.25, 0.3) is 0 Å². The number of thiophene rings is 1. The van der Waals surface area contributed by atoms with E-state index in [1.54, 1.807) is 11.3 Å². The van der Waals surface area contributed by atoms with E-state index < -0.39 is 5.92 Å². The summed E-state index contributed by atoms with van der Waals surface area (Å²) in [6, 6.07) is 6.13. The fraction of sp³-hybridized carbons (Fsp3) is 0.300. The van der Waals surface area contributed by atoms with Gasteiger partial charge in [-0.25, -0.2) is 0 Å². The molecule has 1 saturated carbocycles. The molecule has 1 aromatic carbocycles. The Labute approximate surface area is 140 Å². The van der Waals surface area contributed by atoms with E-state index >= 15 is 0 Å². The standard InChI is InChI=1S/C20H20O2S/c1-11-7-13(3)18(14(4)8-11)19-16(21)9-15(20(19)22)10-17-12(2)5-6-23-17/h5-8,10,19H,9H2,1-4H3/b15-10+. The predicted octanol–water partition coefficient (Wildman–Crippen LogP) is 4.69. The number of benzene rings is 1. The van der Waals surface area contributed by atoms with Gasteiger partial charge in [0.1, 0.15) is 5.92 Å². The summed E-state index contributed by atoms with van der Waals surface area (Å²) in [6.45, 7) is 8.03. The molecule has 1 atom stereocenters. The van der Waals surface area contributed by atoms with Crippen LogP contribution >= 0.6 is 11.3 Å². The van der Waals surface area contributed by atoms with Crippen molar-refractivity contribution in [1.29, 1.82) is 0 Å². The van der Waals surface area contributed by atoms with Crippen LogP contribution in [0.2, 0.25) is 0 Å². The molecule has 2 nitrogen and oxygen atoms in total. The molecule has 1 aliphatic rings. The number of rotatable bonds is 2. The number of carbonyl (C=O) groups is 2. The molecule has 3 heteroatoms. The molecule has 0 N–H and O–H groups in total. The fourth-order valence-electron chi connectivity index (χ4n) is 3.46. The van der Waals surface area contributed by atoms with Crippen LogP contribution in [0.25, 0.3) is 6.08 Å². The highest BCUT2D eigenvalue weighted by Crippen LogP contribution is 2.37. The Morgan fingerprint density at radius 2 is 1.70 bits per heavy atom. The van der Waals surface area contributed by atoms with Gasteiger partial charge in [-0.05, 0) is 67.5 Å². The second-order valence-corrected chi connectivity index (χ2v) is 7.34. The molecular formula is C20H20O2S. The minimum Gasteiger partial charge on any atom is -0.298 e. The minimum atomic E-state index is -0.623. The lowest BCUT2D eigenvalue weighted by Gasteiger charge is -2.15. The van der Waals surface area contributed by atoms with Crippen molar-refractivity contribution in [2.45, 2.75) is 40.0 Å². The SMILES string of the molecule is Cc1cc(C)c(C2C(=O)C/C(=C\c3sccc3C)C2=O)c(C)c1. The van der Waals surface area contributed by atoms with Gasteiger partial charge in [0.05, 0.1) is 0 Å². The van der Waals surface area contributed by atoms with Crippen molar-refractivity contribution in [3.63, 3.8) is 0 Å². The Bertz CT molecular complexity index is 816. The van der Waals surface area contributed by atoms with Gasteiger partial charge in [0.15, 0.2) is 11.6 Å². The zero-order valence-corrected chi connectivity index (χ0v) is 14.7. The van der Waals surface area contributed by atoms with Crippen LogP contribution in [0.5, 0.6) is 0 Å². The van der Waals surface area contributed by atoms with Crippen LogP contribution in [-0.2, 0) is 9.59 Å². The van der Waals surface area contributed by atoms with E-state index in [-0.39, 0.29) is 18.0 Å². The van der Waals surface area contributed by atoms with Gasteiger partial charge in [0.2, 0.25) is 0 Å². The summed E-state index contributed by atoms with van der Waals surface area (Å²) in [6.07, 6.45) is 2.15. The monoisotopic (exact) mass is 324 g/mol. The van der Waals surface area contributed by atoms with E-state index in [1.165, 1.54) is 0 Å². The molecule has 0 aliphatic heterocycles. The van der Waals surface area contributed by atoms with Crippen molar-refractivity contribution in [2.24, 2.45) is 0 Å². The topological polar surface area (TPSA) is 34.1 Å². The van der Waals surface area contributed by atoms with Crippen LogP contribution in [0.15, 0.2) is 29.2 Å². The Balaban J connectivity index is 2.03. The average Bonchev–Trinajstić information content (AvgIpc) is 2.97. The van der Waals surface area contributed by atoms with E-state index in [4.69, 9.17) is 0 Å². The highest BCUT2D eigenvalue weighted by molar-refractivity contribution is 7.11. The average molecular weight is 324 g/mol. The fourth-order valence-corrected chi connectivity index (χ4v) is 4.34. The number of Topliss-reactive ketones (excluding diaryl/α,β-unsaturated/α-hetero) is 2. The molecule has 1 aliphatic carbocycles. The molecule has 1 fully saturated rings. The van der Waals surface area contributed by atoms with Gasteiger partial charge in [-0.3, -0.25) is 9.59 Å². The number of hydrogen-bond acceptors (Lipinski definition) is 3. The highest BCUT2D eigenvalue weighted by atomic mass is 32.1. The lowest BCUT2D eigenvalue weighted by atomic mass is 9.87. The first kappa shape index (κ1) is 15.9. The molecule has 1 heterocycles. The maximum Gasteiger partial charge on any atom is 0.174 e. The Morgan fingerprint density at radius 1 is 1.04 bits per heavy atom. The number of carbonyl (C=O) groups excluding carboxylic acids is 2. The minimum absolute atomic E-state index is 0.0190. The molecule has 1 unspecified atom stereocenters. The quantitative estimate of drug-likeness (QED) is 0.593. The highest BCUT2D eigenvalue weighted by Gasteiger charge is 2.39. The first-order valence-electron chi connectivity index (χ1n) is 7.78. The lowest BCUT2D eigenvalue weighted by Crippen LogP contribution is -2.15. The second kappa shape index (κ2) is 5.89. The van der Waals surface area contributed by atoms with Gasteiger partial charge in [0, 0.05) is 16.9 Å². The van der Waals surface area contributed by atoms with Gasteiger partial charge in [-0.2, -0.15) is 0 Å². The number of ketones is 2. The van der Waals surface area contributed by atoms with Crippen molar-refractivity contribution in [3.8, 4) is 0 Å². The zero-order valence-electron chi connectivity index (χ0n) is 13.9. The van der Waals surface area contributed by atoms with E-state index in [2.05, 4.69) is 0 Å². The van der Waals surface area contributed by atoms with Crippen LogP contribution in [0.4, 0.5) is 0 Å². The maximum atomic E-state index is 12.9. The Kier molecular flexibility index (Phi) is 4.07. The largest absolute Gasteiger partial charge is 0.298 e. The molecule has 0 saturated heterocycles. The summed E-state index contributed by atoms with van der Waals surface area (Å²) in [5, 5.41) is 2.01. The normalized spacial score (nSPS) is 19.8. The zero-order chi connectivity index (χ0) is 16.7. The third kappa shape index (κ3) is 2.81. The van der Waals surface area contributed by atoms with E-state index in [0.717, 1.165) is 32.7 Å². The van der Waals surface area contributed by atoms with E-state index in [0.29, 0.717) is 5.57 Å². The first-order chi connectivity index (χ1) is 10.9. The van der Waals surface area contributed by atoms with Gasteiger partial charge >= 0.3 is 0 Å². The number of hydrogen-bond donors (Lipinski definition) is 0. The number of allylic oxidation sites excluding steroid dienone is 1. The van der Waals surface area contributed by atoms with Crippen LogP contribution in [0.3, 0.4) is 0 Å². The van der Waals surface area contributed by atoms with Gasteiger partial charge < -0.3 is 0 Å². The van der Waals surface area contributed by atoms with E-state index in [1.807, 2.05) is 57.4 Å². The molecule has 0 amide bonds. The van der Waals surface area contributed by atoms with E-state index in [9.17, 15) is 9.59 Å². The Hall–Kier alpha value is -2.00. The van der Waals surface area contributed by atoms with Crippen molar-refractivity contribution in [2.75, 3.05) is 0 Å². The summed E-state index contributed by atoms with van der Waals surface area (Å²) in [7, 11) is 0. The third-order valence-electron chi connectivity index (χ3n) is 4.50.